The van der Waals surface area contributed by atoms with Gasteiger partial charge in [0.2, 0.25) is 47.3 Å². The van der Waals surface area contributed by atoms with Gasteiger partial charge in [-0.3, -0.25) is 43.2 Å². The maximum atomic E-state index is 14.2. The Kier molecular flexibility index (Phi) is 25.6. The number of carbonyl (C=O) groups is 10. The molecule has 0 aliphatic heterocycles. The molecule has 27 heteroatoms. The number of aliphatic hydroxyl groups is 3. The fourth-order valence-corrected chi connectivity index (χ4v) is 7.50. The van der Waals surface area contributed by atoms with Crippen molar-refractivity contribution in [1.82, 2.24) is 57.8 Å². The van der Waals surface area contributed by atoms with Crippen LogP contribution >= 0.6 is 0 Å². The molecule has 0 aliphatic carbocycles. The third-order valence-electron chi connectivity index (χ3n) is 12.0. The lowest BCUT2D eigenvalue weighted by molar-refractivity contribution is -0.143. The van der Waals surface area contributed by atoms with Crippen molar-refractivity contribution in [1.29, 1.82) is 0 Å². The number of carboxylic acid groups (broad SMARTS) is 2. The molecule has 1 aromatic heterocycles. The van der Waals surface area contributed by atoms with Crippen LogP contribution in [0.3, 0.4) is 0 Å². The Morgan fingerprint density at radius 1 is 0.545 bits per heavy atom. The molecule has 3 aromatic rings. The molecule has 0 spiro atoms. The van der Waals surface area contributed by atoms with E-state index in [9.17, 15) is 78.6 Å². The molecule has 1 heterocycles. The number of aliphatic hydroxyl groups excluding tert-OH is 3. The number of nitrogens with zero attached hydrogens (tertiary/aromatic N) is 1. The Bertz CT molecular complexity index is 2460. The van der Waals surface area contributed by atoms with Crippen LogP contribution in [0.25, 0.3) is 0 Å². The lowest BCUT2D eigenvalue weighted by atomic mass is 9.96. The number of nitrogens with one attached hydrogen (secondary N) is 10. The monoisotopic (exact) mass is 1080 g/mol. The lowest BCUT2D eigenvalue weighted by Gasteiger charge is -2.30. The van der Waals surface area contributed by atoms with Crippen LogP contribution in [0.2, 0.25) is 0 Å². The minimum Gasteiger partial charge on any atom is -0.508 e. The number of phenols is 1. The number of carbonyl (C=O) groups excluding carboxylic acids is 8. The highest BCUT2D eigenvalue weighted by Gasteiger charge is 2.37. The van der Waals surface area contributed by atoms with Crippen molar-refractivity contribution in [3.05, 3.63) is 83.9 Å². The molecule has 2 aromatic carbocycles. The second-order valence-electron chi connectivity index (χ2n) is 18.7. The van der Waals surface area contributed by atoms with Crippen LogP contribution in [-0.2, 0) is 67.2 Å². The second kappa shape index (κ2) is 31.1. The molecule has 0 saturated carbocycles. The first-order valence-electron chi connectivity index (χ1n) is 24.7. The van der Waals surface area contributed by atoms with Crippen molar-refractivity contribution < 1.29 is 78.6 Å². The largest absolute Gasteiger partial charge is 0.508 e. The summed E-state index contributed by atoms with van der Waals surface area (Å²) in [5.41, 5.74) is 1.53. The van der Waals surface area contributed by atoms with Crippen LogP contribution in [0.5, 0.6) is 5.75 Å². The maximum Gasteiger partial charge on any atom is 0.326 e. The van der Waals surface area contributed by atoms with Crippen molar-refractivity contribution in [3.8, 4) is 5.75 Å². The molecule has 16 N–H and O–H groups in total. The van der Waals surface area contributed by atoms with Gasteiger partial charge in [-0.05, 0) is 43.0 Å². The summed E-state index contributed by atoms with van der Waals surface area (Å²) >= 11 is 0. The van der Waals surface area contributed by atoms with E-state index in [1.165, 1.54) is 43.7 Å². The molecule has 0 fully saturated rings. The number of phenolic OH excluding ortho intramolecular Hbond substituents is 1. The summed E-state index contributed by atoms with van der Waals surface area (Å²) in [6.07, 6.45) is 0.245. The van der Waals surface area contributed by atoms with Crippen molar-refractivity contribution in [2.45, 2.75) is 140 Å². The highest BCUT2D eigenvalue weighted by atomic mass is 16.4. The number of benzene rings is 2. The molecular weight excluding hydrogens is 1010 g/mol. The second-order valence-corrected chi connectivity index (χ2v) is 18.7. The number of aromatic hydroxyl groups is 1. The van der Waals surface area contributed by atoms with Crippen molar-refractivity contribution in [2.24, 2.45) is 5.92 Å². The number of aliphatic carboxylic acids is 2. The van der Waals surface area contributed by atoms with E-state index in [1.54, 1.807) is 44.2 Å². The predicted octanol–water partition coefficient (Wildman–Crippen LogP) is -3.62. The Labute approximate surface area is 443 Å². The molecule has 0 saturated heterocycles. The Morgan fingerprint density at radius 3 is 1.55 bits per heavy atom. The van der Waals surface area contributed by atoms with Gasteiger partial charge in [-0.15, -0.1) is 0 Å². The van der Waals surface area contributed by atoms with E-state index in [4.69, 9.17) is 0 Å². The van der Waals surface area contributed by atoms with Crippen LogP contribution in [-0.4, -0.2) is 180 Å². The minimum absolute atomic E-state index is 0.0893. The highest BCUT2D eigenvalue weighted by Crippen LogP contribution is 2.14. The standard InChI is InChI=1S/C50H71N11O16/c1-7-26(4)40(60-45(71)35(20-39(66)67)55-42(68)27(5)54-43(69)34(53-25(2)3)19-31-21-51-24-52-31)48(74)56-33(17-29-11-9-8-10-12-29)44(70)61-41(28(6)64)49(75)59-38(23-63)47(73)58-37(22-62)46(72)57-36(50(76)77)18-30-13-15-32(65)16-14-30/h8-16,21,24-28,33-38,40-41,53,62-65H,7,17-20,22-23H2,1-6H3,(H,51,52)(H,54,69)(H,55,68)(H,56,74)(H,57,72)(H,58,73)(H,59,75)(H,60,71)(H,61,70)(H,66,67)(H,76,77)/t26-,27-,28+,33-,34-,35-,36-,37-,38-,40-,41-/m0/s1. The van der Waals surface area contributed by atoms with E-state index in [0.717, 1.165) is 6.92 Å². The van der Waals surface area contributed by atoms with Crippen LogP contribution < -0.4 is 47.9 Å². The normalized spacial score (nSPS) is 15.5. The average Bonchev–Trinajstić information content (AvgIpc) is 3.90. The predicted molar refractivity (Wildman–Crippen MR) is 273 cm³/mol. The fraction of sp³-hybridized carbons (Fsp3) is 0.500. The van der Waals surface area contributed by atoms with Gasteiger partial charge in [0, 0.05) is 37.2 Å². The summed E-state index contributed by atoms with van der Waals surface area (Å²) in [7, 11) is 0. The quantitative estimate of drug-likeness (QED) is 0.0287. The number of aromatic amines is 1. The van der Waals surface area contributed by atoms with Crippen molar-refractivity contribution >= 4 is 59.2 Å². The van der Waals surface area contributed by atoms with Gasteiger partial charge in [0.15, 0.2) is 0 Å². The summed E-state index contributed by atoms with van der Waals surface area (Å²) in [5, 5.41) is 81.7. The number of carboxylic acids is 2. The van der Waals surface area contributed by atoms with Gasteiger partial charge in [-0.1, -0.05) is 76.6 Å². The molecule has 77 heavy (non-hydrogen) atoms. The van der Waals surface area contributed by atoms with Gasteiger partial charge in [0.25, 0.3) is 0 Å². The van der Waals surface area contributed by atoms with Gasteiger partial charge in [-0.25, -0.2) is 9.78 Å². The number of hydrogen-bond acceptors (Lipinski definition) is 16. The van der Waals surface area contributed by atoms with E-state index in [0.29, 0.717) is 16.8 Å². The average molecular weight is 1080 g/mol. The summed E-state index contributed by atoms with van der Waals surface area (Å²) < 4.78 is 0. The zero-order valence-corrected chi connectivity index (χ0v) is 43.4. The third-order valence-corrected chi connectivity index (χ3v) is 12.0. The maximum absolute atomic E-state index is 14.2. The van der Waals surface area contributed by atoms with Crippen molar-refractivity contribution in [3.63, 3.8) is 0 Å². The van der Waals surface area contributed by atoms with E-state index in [1.807, 2.05) is 13.8 Å². The molecule has 0 aliphatic rings. The van der Waals surface area contributed by atoms with E-state index >= 15 is 0 Å². The van der Waals surface area contributed by atoms with E-state index in [-0.39, 0.29) is 37.5 Å². The molecule has 8 amide bonds. The summed E-state index contributed by atoms with van der Waals surface area (Å²) in [6.45, 7) is 7.13. The number of aromatic nitrogens is 2. The number of rotatable bonds is 32. The molecule has 11 atom stereocenters. The fourth-order valence-electron chi connectivity index (χ4n) is 7.50. The molecule has 3 rings (SSSR count). The summed E-state index contributed by atoms with van der Waals surface area (Å²) in [4.78, 5) is 140. The number of H-pyrrole nitrogens is 1. The zero-order valence-electron chi connectivity index (χ0n) is 43.4. The van der Waals surface area contributed by atoms with E-state index in [2.05, 4.69) is 57.8 Å². The Hall–Kier alpha value is -8.01. The molecule has 422 valence electrons. The first kappa shape index (κ1) is 63.3. The number of hydrogen-bond donors (Lipinski definition) is 16. The molecule has 0 radical (unpaired) electrons. The zero-order chi connectivity index (χ0) is 57.5. The SMILES string of the molecule is CC[C@H](C)[C@H](NC(=O)[C@H](CC(=O)O)NC(=O)[C@H](C)NC(=O)[C@H](Cc1cnc[nH]1)NC(C)C)C(=O)N[C@@H](Cc1ccccc1)C(=O)N[C@H](C(=O)N[C@@H](CO)C(=O)N[C@@H](CO)C(=O)N[C@@H](Cc1ccc(O)cc1)C(=O)O)[C@@H](C)O. The van der Waals surface area contributed by atoms with Crippen LogP contribution in [0.15, 0.2) is 67.1 Å². The highest BCUT2D eigenvalue weighted by molar-refractivity contribution is 5.99. The number of amides is 8. The summed E-state index contributed by atoms with van der Waals surface area (Å²) in [5.74, 6) is -12.0. The molecule has 0 unspecified atom stereocenters. The van der Waals surface area contributed by atoms with Crippen LogP contribution in [0, 0.1) is 5.92 Å². The van der Waals surface area contributed by atoms with Gasteiger partial charge >= 0.3 is 11.9 Å². The van der Waals surface area contributed by atoms with Gasteiger partial charge in [0.1, 0.15) is 54.1 Å². The first-order valence-corrected chi connectivity index (χ1v) is 24.7. The number of imidazole rings is 1. The summed E-state index contributed by atoms with van der Waals surface area (Å²) in [6, 6.07) is -0.574. The van der Waals surface area contributed by atoms with Gasteiger partial charge < -0.3 is 83.5 Å². The van der Waals surface area contributed by atoms with Crippen LogP contribution in [0.1, 0.15) is 71.2 Å². The first-order chi connectivity index (χ1) is 36.4. The lowest BCUT2D eigenvalue weighted by Crippen LogP contribution is -2.63. The minimum atomic E-state index is -1.89. The smallest absolute Gasteiger partial charge is 0.326 e. The van der Waals surface area contributed by atoms with Gasteiger partial charge in [0.05, 0.1) is 38.1 Å². The van der Waals surface area contributed by atoms with Crippen LogP contribution in [0.4, 0.5) is 0 Å². The third kappa shape index (κ3) is 20.9. The van der Waals surface area contributed by atoms with Gasteiger partial charge in [-0.2, -0.15) is 0 Å². The molecular formula is C50H71N11O16. The molecule has 0 bridgehead atoms. The Morgan fingerprint density at radius 2 is 1.03 bits per heavy atom. The van der Waals surface area contributed by atoms with E-state index < -0.39 is 145 Å². The van der Waals surface area contributed by atoms with Crippen molar-refractivity contribution in [2.75, 3.05) is 13.2 Å². The Balaban J connectivity index is 1.79. The molecule has 27 nitrogen and oxygen atoms in total. The topological polar surface area (TPSA) is 429 Å².